The van der Waals surface area contributed by atoms with Gasteiger partial charge in [0, 0.05) is 26.2 Å². The fourth-order valence-corrected chi connectivity index (χ4v) is 5.84. The Balaban J connectivity index is 1.04. The van der Waals surface area contributed by atoms with Gasteiger partial charge in [-0.1, -0.05) is 72.8 Å². The van der Waals surface area contributed by atoms with Crippen LogP contribution in [0.15, 0.2) is 83.6 Å². The number of benzene rings is 2. The standard InChI is InChI=1S/C39H52N4O7/c1-3-36(31-10-6-4-7-11-31)39(32-12-8-5-9-13-32)33-14-16-35(17-15-33)50-23-21-42(2)20-22-47-24-25-48-26-27-49-30-37(44)40-28-38(45)43-19-18-34(29-43)41-46/h4,6-8,10-17,34H,3,5,9,18-30H2,1-2H3,(H,40,44)/b39-36-. The van der Waals surface area contributed by atoms with Crippen LogP contribution in [0.25, 0.3) is 11.1 Å². The van der Waals surface area contributed by atoms with Gasteiger partial charge in [0.25, 0.3) is 0 Å². The van der Waals surface area contributed by atoms with Crippen molar-refractivity contribution in [2.75, 3.05) is 86.0 Å². The van der Waals surface area contributed by atoms with Gasteiger partial charge in [0.1, 0.15) is 25.0 Å². The summed E-state index contributed by atoms with van der Waals surface area (Å²) in [4.78, 5) is 38.3. The lowest BCUT2D eigenvalue weighted by atomic mass is 9.86. The number of likely N-dealkylation sites (N-methyl/N-ethyl adjacent to an activating group) is 1. The number of hydrogen-bond donors (Lipinski definition) is 1. The quantitative estimate of drug-likeness (QED) is 0.103. The lowest BCUT2D eigenvalue weighted by Crippen LogP contribution is -2.40. The summed E-state index contributed by atoms with van der Waals surface area (Å²) in [5, 5.41) is 5.50. The zero-order chi connectivity index (χ0) is 35.4. The van der Waals surface area contributed by atoms with E-state index in [2.05, 4.69) is 95.1 Å². The zero-order valence-electron chi connectivity index (χ0n) is 29.5. The molecule has 1 saturated heterocycles. The van der Waals surface area contributed by atoms with Crippen molar-refractivity contribution in [2.45, 2.75) is 38.6 Å². The minimum Gasteiger partial charge on any atom is -0.492 e. The molecular formula is C39H52N4O7. The Kier molecular flexibility index (Phi) is 16.9. The number of nitrogens with zero attached hydrogens (tertiary/aromatic N) is 3. The number of carbonyl (C=O) groups excluding carboxylic acids is 2. The summed E-state index contributed by atoms with van der Waals surface area (Å²) in [5.74, 6) is 0.243. The summed E-state index contributed by atoms with van der Waals surface area (Å²) < 4.78 is 22.6. The van der Waals surface area contributed by atoms with E-state index in [1.54, 1.807) is 0 Å². The van der Waals surface area contributed by atoms with Gasteiger partial charge < -0.3 is 34.1 Å². The highest BCUT2D eigenvalue weighted by atomic mass is 16.5. The van der Waals surface area contributed by atoms with Crippen LogP contribution in [0.1, 0.15) is 43.7 Å². The van der Waals surface area contributed by atoms with Crippen LogP contribution in [0.5, 0.6) is 5.75 Å². The first-order valence-electron chi connectivity index (χ1n) is 17.7. The summed E-state index contributed by atoms with van der Waals surface area (Å²) in [6.07, 6.45) is 10.5. The molecule has 1 unspecified atom stereocenters. The van der Waals surface area contributed by atoms with E-state index in [0.717, 1.165) is 38.1 Å². The molecule has 4 rings (SSSR count). The first-order chi connectivity index (χ1) is 24.5. The van der Waals surface area contributed by atoms with Crippen molar-refractivity contribution in [3.63, 3.8) is 0 Å². The maximum absolute atomic E-state index is 12.1. The number of allylic oxidation sites excluding steroid dienone is 6. The van der Waals surface area contributed by atoms with Gasteiger partial charge in [-0.25, -0.2) is 0 Å². The molecular weight excluding hydrogens is 636 g/mol. The molecule has 0 saturated carbocycles. The van der Waals surface area contributed by atoms with E-state index in [-0.39, 0.29) is 37.6 Å². The summed E-state index contributed by atoms with van der Waals surface area (Å²) in [7, 11) is 2.04. The van der Waals surface area contributed by atoms with E-state index in [0.29, 0.717) is 52.5 Å². The molecule has 1 heterocycles. The molecule has 1 atom stereocenters. The molecule has 2 aromatic rings. The first-order valence-corrected chi connectivity index (χ1v) is 17.7. The van der Waals surface area contributed by atoms with Gasteiger partial charge >= 0.3 is 0 Å². The summed E-state index contributed by atoms with van der Waals surface area (Å²) >= 11 is 0. The fraction of sp³-hybridized carbons (Fsp3) is 0.487. The maximum Gasteiger partial charge on any atom is 0.246 e. The molecule has 270 valence electrons. The van der Waals surface area contributed by atoms with Gasteiger partial charge in [0.05, 0.1) is 39.6 Å². The minimum atomic E-state index is -0.379. The Morgan fingerprint density at radius 1 is 0.900 bits per heavy atom. The van der Waals surface area contributed by atoms with E-state index in [9.17, 15) is 14.5 Å². The molecule has 2 aliphatic rings. The number of nitroso groups, excluding NO2 is 1. The second-order valence-corrected chi connectivity index (χ2v) is 12.3. The monoisotopic (exact) mass is 688 g/mol. The molecule has 2 amide bonds. The van der Waals surface area contributed by atoms with Crippen LogP contribution in [0.2, 0.25) is 0 Å². The number of likely N-dealkylation sites (tertiary alicyclic amines) is 1. The Hall–Kier alpha value is -4.16. The maximum atomic E-state index is 12.1. The first kappa shape index (κ1) is 38.6. The molecule has 1 aliphatic carbocycles. The average molecular weight is 689 g/mol. The number of hydrogen-bond acceptors (Lipinski definition) is 9. The van der Waals surface area contributed by atoms with Crippen LogP contribution in [-0.4, -0.2) is 114 Å². The van der Waals surface area contributed by atoms with Gasteiger partial charge in [-0.15, -0.1) is 0 Å². The minimum absolute atomic E-state index is 0.122. The topological polar surface area (TPSA) is 119 Å². The van der Waals surface area contributed by atoms with Crippen LogP contribution in [0, 0.1) is 4.91 Å². The van der Waals surface area contributed by atoms with Crippen LogP contribution < -0.4 is 10.1 Å². The highest BCUT2D eigenvalue weighted by molar-refractivity contribution is 5.99. The zero-order valence-corrected chi connectivity index (χ0v) is 29.5. The van der Waals surface area contributed by atoms with Crippen molar-refractivity contribution in [2.24, 2.45) is 5.18 Å². The molecule has 0 spiro atoms. The molecule has 1 fully saturated rings. The summed E-state index contributed by atoms with van der Waals surface area (Å²) in [6.45, 7) is 6.91. The van der Waals surface area contributed by atoms with Gasteiger partial charge in [0.15, 0.2) is 0 Å². The molecule has 11 nitrogen and oxygen atoms in total. The number of rotatable bonds is 22. The molecule has 0 aromatic heterocycles. The van der Waals surface area contributed by atoms with E-state index in [1.807, 2.05) is 7.05 Å². The van der Waals surface area contributed by atoms with E-state index in [1.165, 1.54) is 32.7 Å². The van der Waals surface area contributed by atoms with Crippen molar-refractivity contribution in [3.8, 4) is 5.75 Å². The summed E-state index contributed by atoms with van der Waals surface area (Å²) in [6, 6.07) is 18.8. The molecule has 1 aliphatic heterocycles. The smallest absolute Gasteiger partial charge is 0.246 e. The van der Waals surface area contributed by atoms with Crippen LogP contribution >= 0.6 is 0 Å². The molecule has 0 radical (unpaired) electrons. The predicted molar refractivity (Wildman–Crippen MR) is 196 cm³/mol. The Morgan fingerprint density at radius 2 is 1.62 bits per heavy atom. The summed E-state index contributed by atoms with van der Waals surface area (Å²) in [5.41, 5.74) is 6.37. The Labute approximate surface area is 296 Å². The predicted octanol–water partition coefficient (Wildman–Crippen LogP) is 5.13. The number of amides is 2. The van der Waals surface area contributed by atoms with E-state index >= 15 is 0 Å². The lowest BCUT2D eigenvalue weighted by molar-refractivity contribution is -0.133. The number of nitrogens with one attached hydrogen (secondary N) is 1. The highest BCUT2D eigenvalue weighted by Gasteiger charge is 2.26. The van der Waals surface area contributed by atoms with Gasteiger partial charge in [-0.05, 0) is 72.7 Å². The molecule has 0 bridgehead atoms. The van der Waals surface area contributed by atoms with Gasteiger partial charge in [-0.3, -0.25) is 9.59 Å². The number of ether oxygens (including phenoxy) is 4. The molecule has 2 aromatic carbocycles. The van der Waals surface area contributed by atoms with Crippen molar-refractivity contribution < 1.29 is 28.5 Å². The third-order valence-corrected chi connectivity index (χ3v) is 8.64. The lowest BCUT2D eigenvalue weighted by Gasteiger charge is -2.19. The van der Waals surface area contributed by atoms with E-state index < -0.39 is 0 Å². The van der Waals surface area contributed by atoms with E-state index in [4.69, 9.17) is 18.9 Å². The average Bonchev–Trinajstić information content (AvgIpc) is 3.64. The Bertz CT molecular complexity index is 1440. The fourth-order valence-electron chi connectivity index (χ4n) is 5.84. The highest BCUT2D eigenvalue weighted by Crippen LogP contribution is 2.37. The third kappa shape index (κ3) is 12.9. The molecule has 50 heavy (non-hydrogen) atoms. The van der Waals surface area contributed by atoms with Crippen molar-refractivity contribution in [3.05, 3.63) is 94.4 Å². The largest absolute Gasteiger partial charge is 0.492 e. The second-order valence-electron chi connectivity index (χ2n) is 12.3. The van der Waals surface area contributed by atoms with Crippen LogP contribution in [0.3, 0.4) is 0 Å². The van der Waals surface area contributed by atoms with Crippen molar-refractivity contribution in [1.82, 2.24) is 15.1 Å². The van der Waals surface area contributed by atoms with Crippen LogP contribution in [0.4, 0.5) is 0 Å². The normalized spacial score (nSPS) is 16.3. The van der Waals surface area contributed by atoms with Crippen LogP contribution in [-0.2, 0) is 23.8 Å². The van der Waals surface area contributed by atoms with Crippen molar-refractivity contribution in [1.29, 1.82) is 0 Å². The van der Waals surface area contributed by atoms with Gasteiger partial charge in [-0.2, -0.15) is 4.91 Å². The SMILES string of the molecule is CC/C(=C(\C1=CCCC=C1)c1ccc(OCCN(C)CCOCCOCCOCC(=O)NCC(=O)N2CCC(N=O)C2)cc1)c1ccccc1. The number of carbonyl (C=O) groups is 2. The second kappa shape index (κ2) is 21.8. The van der Waals surface area contributed by atoms with Gasteiger partial charge in [0.2, 0.25) is 11.8 Å². The third-order valence-electron chi connectivity index (χ3n) is 8.64. The molecule has 11 heteroatoms. The Morgan fingerprint density at radius 3 is 2.30 bits per heavy atom. The molecule has 1 N–H and O–H groups in total. The van der Waals surface area contributed by atoms with Crippen molar-refractivity contribution >= 4 is 23.0 Å².